The summed E-state index contributed by atoms with van der Waals surface area (Å²) >= 11 is 0. The molecule has 0 aliphatic rings. The fourth-order valence-electron chi connectivity index (χ4n) is 1.30. The van der Waals surface area contributed by atoms with Gasteiger partial charge in [-0.25, -0.2) is 4.98 Å². The molecule has 0 radical (unpaired) electrons. The maximum Gasteiger partial charge on any atom is 0.433 e. The SMILES string of the molecule is CC(C)(C)NC[C@H](O)c1cccc(C(F)(F)F)n1. The van der Waals surface area contributed by atoms with Crippen molar-refractivity contribution >= 4 is 0 Å². The smallest absolute Gasteiger partial charge is 0.385 e. The Bertz CT molecular complexity index is 399. The number of rotatable bonds is 3. The molecule has 0 unspecified atom stereocenters. The average Bonchev–Trinajstić information content (AvgIpc) is 2.24. The minimum atomic E-state index is -4.49. The molecule has 0 saturated heterocycles. The normalized spacial score (nSPS) is 14.6. The maximum atomic E-state index is 12.4. The molecular weight excluding hydrogens is 245 g/mol. The Morgan fingerprint density at radius 3 is 2.39 bits per heavy atom. The third-order valence-corrected chi connectivity index (χ3v) is 2.23. The van der Waals surface area contributed by atoms with Gasteiger partial charge < -0.3 is 10.4 Å². The Labute approximate surface area is 104 Å². The standard InChI is InChI=1S/C12H17F3N2O/c1-11(2,3)16-7-9(18)8-5-4-6-10(17-8)12(13,14)15/h4-6,9,16,18H,7H2,1-3H3/t9-/m0/s1. The van der Waals surface area contributed by atoms with Gasteiger partial charge >= 0.3 is 6.18 Å². The van der Waals surface area contributed by atoms with Crippen LogP contribution in [0.2, 0.25) is 0 Å². The van der Waals surface area contributed by atoms with Crippen LogP contribution in [0.3, 0.4) is 0 Å². The molecule has 0 amide bonds. The second-order valence-electron chi connectivity index (χ2n) is 5.09. The lowest BCUT2D eigenvalue weighted by Gasteiger charge is -2.22. The van der Waals surface area contributed by atoms with Gasteiger partial charge in [0, 0.05) is 12.1 Å². The van der Waals surface area contributed by atoms with Gasteiger partial charge in [0.15, 0.2) is 0 Å². The van der Waals surface area contributed by atoms with Crippen LogP contribution in [-0.4, -0.2) is 22.2 Å². The van der Waals surface area contributed by atoms with Crippen LogP contribution in [0.15, 0.2) is 18.2 Å². The number of nitrogens with zero attached hydrogens (tertiary/aromatic N) is 1. The number of aromatic nitrogens is 1. The monoisotopic (exact) mass is 262 g/mol. The molecule has 6 heteroatoms. The van der Waals surface area contributed by atoms with Crippen LogP contribution in [0, 0.1) is 0 Å². The van der Waals surface area contributed by atoms with Gasteiger partial charge in [0.25, 0.3) is 0 Å². The quantitative estimate of drug-likeness (QED) is 0.879. The molecule has 0 aliphatic heterocycles. The summed E-state index contributed by atoms with van der Waals surface area (Å²) in [5.41, 5.74) is -1.20. The van der Waals surface area contributed by atoms with Crippen molar-refractivity contribution in [3.8, 4) is 0 Å². The summed E-state index contributed by atoms with van der Waals surface area (Å²) in [6, 6.07) is 3.50. The van der Waals surface area contributed by atoms with E-state index in [0.717, 1.165) is 6.07 Å². The molecule has 0 aliphatic carbocycles. The van der Waals surface area contributed by atoms with Crippen molar-refractivity contribution in [2.45, 2.75) is 38.6 Å². The highest BCUT2D eigenvalue weighted by atomic mass is 19.4. The van der Waals surface area contributed by atoms with Crippen molar-refractivity contribution in [1.82, 2.24) is 10.3 Å². The summed E-state index contributed by atoms with van der Waals surface area (Å²) < 4.78 is 37.3. The van der Waals surface area contributed by atoms with Crippen molar-refractivity contribution in [2.75, 3.05) is 6.54 Å². The second kappa shape index (κ2) is 5.24. The average molecular weight is 262 g/mol. The van der Waals surface area contributed by atoms with Gasteiger partial charge in [-0.2, -0.15) is 13.2 Å². The highest BCUT2D eigenvalue weighted by Gasteiger charge is 2.32. The number of aliphatic hydroxyl groups excluding tert-OH is 1. The summed E-state index contributed by atoms with van der Waals surface area (Å²) in [6.45, 7) is 5.86. The Hall–Kier alpha value is -1.14. The van der Waals surface area contributed by atoms with E-state index in [2.05, 4.69) is 10.3 Å². The Balaban J connectivity index is 2.78. The van der Waals surface area contributed by atoms with E-state index < -0.39 is 18.0 Å². The predicted octanol–water partition coefficient (Wildman–Crippen LogP) is 2.52. The van der Waals surface area contributed by atoms with Gasteiger partial charge in [-0.3, -0.25) is 0 Å². The zero-order valence-electron chi connectivity index (χ0n) is 10.5. The number of β-amino-alcohol motifs (C(OH)–C–C–N with tert-alkyl or cyclic N) is 1. The molecule has 102 valence electrons. The Kier molecular flexibility index (Phi) is 4.34. The van der Waals surface area contributed by atoms with E-state index in [9.17, 15) is 18.3 Å². The number of nitrogens with one attached hydrogen (secondary N) is 1. The molecule has 1 heterocycles. The number of alkyl halides is 3. The Morgan fingerprint density at radius 2 is 1.89 bits per heavy atom. The number of aliphatic hydroxyl groups is 1. The highest BCUT2D eigenvalue weighted by molar-refractivity contribution is 5.15. The van der Waals surface area contributed by atoms with Gasteiger partial charge in [-0.05, 0) is 32.9 Å². The number of hydrogen-bond donors (Lipinski definition) is 2. The van der Waals surface area contributed by atoms with E-state index in [1.807, 2.05) is 20.8 Å². The van der Waals surface area contributed by atoms with Crippen LogP contribution in [0.25, 0.3) is 0 Å². The van der Waals surface area contributed by atoms with Crippen molar-refractivity contribution in [3.63, 3.8) is 0 Å². The van der Waals surface area contributed by atoms with E-state index in [0.29, 0.717) is 0 Å². The second-order valence-corrected chi connectivity index (χ2v) is 5.09. The summed E-state index contributed by atoms with van der Waals surface area (Å²) in [6.07, 6.45) is -5.56. The molecule has 3 nitrogen and oxygen atoms in total. The molecule has 1 atom stereocenters. The molecule has 2 N–H and O–H groups in total. The molecule has 0 spiro atoms. The first kappa shape index (κ1) is 14.9. The van der Waals surface area contributed by atoms with Crippen molar-refractivity contribution in [3.05, 3.63) is 29.6 Å². The van der Waals surface area contributed by atoms with Crippen molar-refractivity contribution < 1.29 is 18.3 Å². The van der Waals surface area contributed by atoms with Crippen LogP contribution < -0.4 is 5.32 Å². The van der Waals surface area contributed by atoms with Crippen molar-refractivity contribution in [1.29, 1.82) is 0 Å². The number of hydrogen-bond acceptors (Lipinski definition) is 3. The van der Waals surface area contributed by atoms with Gasteiger partial charge in [-0.15, -0.1) is 0 Å². The summed E-state index contributed by atoms with van der Waals surface area (Å²) in [7, 11) is 0. The molecule has 0 fully saturated rings. The van der Waals surface area contributed by atoms with E-state index in [-0.39, 0.29) is 17.8 Å². The van der Waals surface area contributed by atoms with E-state index >= 15 is 0 Å². The minimum Gasteiger partial charge on any atom is -0.385 e. The van der Waals surface area contributed by atoms with Crippen LogP contribution in [0.5, 0.6) is 0 Å². The third-order valence-electron chi connectivity index (χ3n) is 2.23. The van der Waals surface area contributed by atoms with Crippen LogP contribution in [0.4, 0.5) is 13.2 Å². The van der Waals surface area contributed by atoms with Crippen LogP contribution in [0.1, 0.15) is 38.3 Å². The lowest BCUT2D eigenvalue weighted by atomic mass is 10.1. The predicted molar refractivity (Wildman–Crippen MR) is 62.0 cm³/mol. The topological polar surface area (TPSA) is 45.1 Å². The minimum absolute atomic E-state index is 0.0153. The summed E-state index contributed by atoms with van der Waals surface area (Å²) in [4.78, 5) is 3.43. The number of halogens is 3. The van der Waals surface area contributed by atoms with E-state index in [1.54, 1.807) is 0 Å². The summed E-state index contributed by atoms with van der Waals surface area (Å²) in [5.74, 6) is 0. The zero-order chi connectivity index (χ0) is 14.0. The molecule has 0 bridgehead atoms. The Morgan fingerprint density at radius 1 is 1.28 bits per heavy atom. The third kappa shape index (κ3) is 4.62. The zero-order valence-corrected chi connectivity index (χ0v) is 10.5. The first-order valence-corrected chi connectivity index (χ1v) is 5.57. The van der Waals surface area contributed by atoms with E-state index in [1.165, 1.54) is 12.1 Å². The lowest BCUT2D eigenvalue weighted by Crippen LogP contribution is -2.38. The molecular formula is C12H17F3N2O. The lowest BCUT2D eigenvalue weighted by molar-refractivity contribution is -0.141. The van der Waals surface area contributed by atoms with Crippen LogP contribution >= 0.6 is 0 Å². The maximum absolute atomic E-state index is 12.4. The fraction of sp³-hybridized carbons (Fsp3) is 0.583. The molecule has 1 aromatic rings. The number of pyridine rings is 1. The van der Waals surface area contributed by atoms with Crippen LogP contribution in [-0.2, 0) is 6.18 Å². The van der Waals surface area contributed by atoms with Crippen molar-refractivity contribution in [2.24, 2.45) is 0 Å². The molecule has 0 saturated carbocycles. The van der Waals surface area contributed by atoms with Gasteiger partial charge in [0.1, 0.15) is 11.8 Å². The molecule has 1 rings (SSSR count). The van der Waals surface area contributed by atoms with Gasteiger partial charge in [0.05, 0.1) is 5.69 Å². The van der Waals surface area contributed by atoms with Gasteiger partial charge in [-0.1, -0.05) is 6.07 Å². The fourth-order valence-corrected chi connectivity index (χ4v) is 1.30. The first-order chi connectivity index (χ1) is 8.09. The summed E-state index contributed by atoms with van der Waals surface area (Å²) in [5, 5.41) is 12.8. The largest absolute Gasteiger partial charge is 0.433 e. The molecule has 0 aromatic carbocycles. The van der Waals surface area contributed by atoms with E-state index in [4.69, 9.17) is 0 Å². The highest BCUT2D eigenvalue weighted by Crippen LogP contribution is 2.28. The van der Waals surface area contributed by atoms with Gasteiger partial charge in [0.2, 0.25) is 0 Å². The first-order valence-electron chi connectivity index (χ1n) is 5.57. The molecule has 1 aromatic heterocycles. The molecule has 18 heavy (non-hydrogen) atoms.